The predicted octanol–water partition coefficient (Wildman–Crippen LogP) is 11.3. The molecule has 0 aliphatic heterocycles. The van der Waals surface area contributed by atoms with Crippen LogP contribution in [0.15, 0.2) is 97.1 Å². The summed E-state index contributed by atoms with van der Waals surface area (Å²) < 4.78 is 343. The molecule has 0 fully saturated rings. The Balaban J connectivity index is 0.000000443. The van der Waals surface area contributed by atoms with Gasteiger partial charge in [0, 0.05) is 12.1 Å². The smallest absolute Gasteiger partial charge is 0.292 e. The quantitative estimate of drug-likeness (QED) is 0.0592. The normalized spacial score (nSPS) is 13.1. The summed E-state index contributed by atoms with van der Waals surface area (Å²) in [5.74, 6) is -0.289. The molecule has 0 radical (unpaired) electrons. The Bertz CT molecular complexity index is 2810. The zero-order chi connectivity index (χ0) is 59.2. The zero-order valence-corrected chi connectivity index (χ0v) is 41.0. The summed E-state index contributed by atoms with van der Waals surface area (Å²) in [5.41, 5.74) is -30.2. The lowest BCUT2D eigenvalue weighted by Gasteiger charge is -2.46. The summed E-state index contributed by atoms with van der Waals surface area (Å²) in [6, 6.07) is 2.25. The zero-order valence-electron chi connectivity index (χ0n) is 37.2. The van der Waals surface area contributed by atoms with E-state index in [1.54, 1.807) is 12.1 Å². The molecule has 4 nitrogen and oxygen atoms in total. The molecule has 0 atom stereocenters. The molecular formula is C46H20BF24IN2O2S2. The first-order valence-electron chi connectivity index (χ1n) is 20.4. The minimum atomic E-state index is -6.13. The van der Waals surface area contributed by atoms with E-state index in [2.05, 4.69) is 0 Å². The summed E-state index contributed by atoms with van der Waals surface area (Å²) >= 11 is 2.41. The van der Waals surface area contributed by atoms with Crippen LogP contribution in [0.4, 0.5) is 105 Å². The van der Waals surface area contributed by atoms with E-state index in [4.69, 9.17) is 10.5 Å². The van der Waals surface area contributed by atoms with E-state index < -0.39 is 216 Å². The molecule has 6 aromatic rings. The molecule has 0 saturated heterocycles. The molecular weight excluding hydrogens is 1270 g/mol. The number of alkyl halides is 24. The molecule has 4 aromatic carbocycles. The minimum Gasteiger partial charge on any atom is -0.292 e. The number of carbonyl (C=O) groups is 2. The number of thiophene rings is 2. The van der Waals surface area contributed by atoms with Gasteiger partial charge in [0.25, 0.3) is 0 Å². The van der Waals surface area contributed by atoms with Crippen LogP contribution in [0.5, 0.6) is 0 Å². The van der Waals surface area contributed by atoms with Crippen molar-refractivity contribution in [2.75, 3.05) is 0 Å². The molecule has 416 valence electrons. The van der Waals surface area contributed by atoms with Gasteiger partial charge in [-0.25, -0.2) is 0 Å². The first-order valence-corrected chi connectivity index (χ1v) is 24.2. The Morgan fingerprint density at radius 3 is 0.718 bits per heavy atom. The highest BCUT2D eigenvalue weighted by molar-refractivity contribution is 7.20. The van der Waals surface area contributed by atoms with Crippen molar-refractivity contribution in [3.63, 3.8) is 0 Å². The number of carbonyl (C=O) groups excluding carboxylic acids is 2. The number of rotatable bonds is 10. The van der Waals surface area contributed by atoms with E-state index >= 15 is 0 Å². The van der Waals surface area contributed by atoms with Gasteiger partial charge in [-0.15, -0.1) is 0 Å². The van der Waals surface area contributed by atoms with Gasteiger partial charge in [-0.3, -0.25) is 9.59 Å². The van der Waals surface area contributed by atoms with E-state index in [0.717, 1.165) is 5.77 Å². The average Bonchev–Trinajstić information content (AvgIpc) is 3.98. The molecule has 78 heavy (non-hydrogen) atoms. The molecule has 0 aliphatic carbocycles. The molecule has 32 heteroatoms. The van der Waals surface area contributed by atoms with Gasteiger partial charge in [0.1, 0.15) is 6.15 Å². The molecule has 2 heterocycles. The fraction of sp³-hybridized carbons (Fsp3) is 0.217. The molecule has 0 bridgehead atoms. The van der Waals surface area contributed by atoms with Crippen LogP contribution in [-0.4, -0.2) is 17.7 Å². The number of benzene rings is 4. The van der Waals surface area contributed by atoms with Crippen molar-refractivity contribution in [1.29, 1.82) is 10.5 Å². The monoisotopic (exact) mass is 1290 g/mol. The standard InChI is InChI=1S/C32H12BF24.C14H8IN2O2S2/c34-25(35,36)13-1-14(26(37,38)39)6-21(5-13)33(22-7-15(27(40,41)42)2-16(8-22)28(43,44)45,23-9-17(29(46,47)48)3-18(10-23)30(49,50)51)24-11-19(31(52,53)54)4-20(12-24)32(55,56)57;16-7-5-9(18)11-1-3-13(20-11)15-14-4-2-12(21-14)10(19)6-8-17/h1-12H;1-4H,5-6H2/q-1;+1. The van der Waals surface area contributed by atoms with Crippen molar-refractivity contribution in [3.05, 3.63) is 157 Å². The van der Waals surface area contributed by atoms with Crippen molar-refractivity contribution < 1.29 is 136 Å². The van der Waals surface area contributed by atoms with Crippen LogP contribution < -0.4 is 43.1 Å². The number of hydrogen-bond donors (Lipinski definition) is 0. The minimum absolute atomic E-state index is 0.0932. The summed E-state index contributed by atoms with van der Waals surface area (Å²) in [4.78, 5) is 24.4. The van der Waals surface area contributed by atoms with Crippen LogP contribution in [-0.2, 0) is 49.4 Å². The third-order valence-electron chi connectivity index (χ3n) is 10.8. The van der Waals surface area contributed by atoms with Gasteiger partial charge in [-0.05, 0) is 36.4 Å². The molecule has 0 unspecified atom stereocenters. The lowest BCUT2D eigenvalue weighted by atomic mass is 9.12. The number of halogens is 25. The molecule has 6 rings (SSSR count). The maximum absolute atomic E-state index is 14.2. The Morgan fingerprint density at radius 2 is 0.551 bits per heavy atom. The Morgan fingerprint density at radius 1 is 0.359 bits per heavy atom. The number of Topliss-reactive ketones (excluding diaryl/α,β-unsaturated/α-hetero) is 2. The molecule has 0 amide bonds. The summed E-state index contributed by atoms with van der Waals surface area (Å²) in [6.45, 7) is 0. The van der Waals surface area contributed by atoms with Gasteiger partial charge in [-0.2, -0.15) is 138 Å². The number of hydrogen-bond acceptors (Lipinski definition) is 6. The molecule has 2 aromatic heterocycles. The molecule has 0 aliphatic rings. The largest absolute Gasteiger partial charge is 0.416 e. The van der Waals surface area contributed by atoms with Gasteiger partial charge in [0.2, 0.25) is 5.77 Å². The van der Waals surface area contributed by atoms with Crippen molar-refractivity contribution >= 4 is 62.2 Å². The number of nitrogens with zero attached hydrogens (tertiary/aromatic N) is 2. The first-order chi connectivity index (χ1) is 35.4. The predicted molar refractivity (Wildman–Crippen MR) is 225 cm³/mol. The fourth-order valence-corrected chi connectivity index (χ4v) is 13.7. The maximum atomic E-state index is 14.2. The Labute approximate surface area is 438 Å². The number of ketones is 2. The van der Waals surface area contributed by atoms with Crippen LogP contribution in [0, 0.1) is 28.4 Å². The molecule has 0 saturated carbocycles. The van der Waals surface area contributed by atoms with Gasteiger partial charge >= 0.3 is 70.6 Å². The summed E-state index contributed by atoms with van der Waals surface area (Å²) in [5, 5.41) is 17.1. The van der Waals surface area contributed by atoms with Crippen molar-refractivity contribution in [2.45, 2.75) is 62.3 Å². The van der Waals surface area contributed by atoms with Crippen LogP contribution in [0.1, 0.15) is 76.7 Å². The van der Waals surface area contributed by atoms with E-state index in [-0.39, 0.29) is 24.4 Å². The maximum Gasteiger partial charge on any atom is 0.416 e. The summed E-state index contributed by atoms with van der Waals surface area (Å²) in [7, 11) is 0. The van der Waals surface area contributed by atoms with Crippen LogP contribution in [0.3, 0.4) is 0 Å². The van der Waals surface area contributed by atoms with E-state index in [9.17, 15) is 115 Å². The highest BCUT2D eigenvalue weighted by atomic mass is 127. The highest BCUT2D eigenvalue weighted by Gasteiger charge is 2.47. The Kier molecular flexibility index (Phi) is 17.7. The second-order valence-electron chi connectivity index (χ2n) is 16.0. The summed E-state index contributed by atoms with van der Waals surface area (Å²) in [6.07, 6.45) is -55.0. The van der Waals surface area contributed by atoms with Crippen LogP contribution in [0.2, 0.25) is 0 Å². The van der Waals surface area contributed by atoms with Crippen LogP contribution in [0.25, 0.3) is 0 Å². The van der Waals surface area contributed by atoms with Crippen LogP contribution >= 0.6 is 22.7 Å². The molecule has 0 spiro atoms. The lowest BCUT2D eigenvalue weighted by molar-refractivity contribution is -0.585. The van der Waals surface area contributed by atoms with Crippen molar-refractivity contribution in [1.82, 2.24) is 0 Å². The Hall–Kier alpha value is -6.29. The highest BCUT2D eigenvalue weighted by Crippen LogP contribution is 2.41. The second kappa shape index (κ2) is 22.1. The van der Waals surface area contributed by atoms with E-state index in [1.165, 1.54) is 22.7 Å². The first kappa shape index (κ1) is 62.6. The molecule has 0 N–H and O–H groups in total. The van der Waals surface area contributed by atoms with Crippen molar-refractivity contribution in [2.24, 2.45) is 0 Å². The van der Waals surface area contributed by atoms with E-state index in [1.807, 2.05) is 24.3 Å². The fourth-order valence-electron chi connectivity index (χ4n) is 7.51. The average molecular weight is 1290 g/mol. The second-order valence-corrected chi connectivity index (χ2v) is 22.5. The van der Waals surface area contributed by atoms with Gasteiger partial charge in [0.15, 0.2) is 11.6 Å². The van der Waals surface area contributed by atoms with Gasteiger partial charge in [0.05, 0.1) is 79.2 Å². The van der Waals surface area contributed by atoms with E-state index in [0.29, 0.717) is 9.75 Å². The third-order valence-corrected chi connectivity index (χ3v) is 16.8. The topological polar surface area (TPSA) is 81.7 Å². The third kappa shape index (κ3) is 14.7. The van der Waals surface area contributed by atoms with Gasteiger partial charge in [-0.1, -0.05) is 71.2 Å². The van der Waals surface area contributed by atoms with Gasteiger partial charge < -0.3 is 0 Å². The lowest BCUT2D eigenvalue weighted by Crippen LogP contribution is -3.61. The number of nitriles is 2. The van der Waals surface area contributed by atoms with Crippen molar-refractivity contribution in [3.8, 4) is 12.1 Å². The SMILES string of the molecule is FC(F)(F)c1cc([B-](c2cc(C(F)(F)F)cc(C(F)(F)F)c2)(c2cc(C(F)(F)F)cc(C(F)(F)F)c2)c2cc(C(F)(F)F)cc(C(F)(F)F)c2)cc(C(F)(F)F)c1.N#CCC(=O)c1ccc([I+]c2ccc(C(=O)CC#N)s2)s1.